The normalized spacial score (nSPS) is 11.0. The number of carboxylic acids is 1. The average molecular weight is 257 g/mol. The lowest BCUT2D eigenvalue weighted by Gasteiger charge is -2.02. The summed E-state index contributed by atoms with van der Waals surface area (Å²) in [5.74, 6) is -0.962. The van der Waals surface area contributed by atoms with Crippen molar-refractivity contribution in [2.45, 2.75) is 6.92 Å². The van der Waals surface area contributed by atoms with Gasteiger partial charge in [-0.25, -0.2) is 4.79 Å². The molecule has 4 N–H and O–H groups in total. The summed E-state index contributed by atoms with van der Waals surface area (Å²) >= 11 is 0. The van der Waals surface area contributed by atoms with Crippen LogP contribution in [0.2, 0.25) is 0 Å². The largest absolute Gasteiger partial charge is 0.507 e. The predicted molar refractivity (Wildman–Crippen MR) is 69.2 cm³/mol. The van der Waals surface area contributed by atoms with Crippen LogP contribution in [0.4, 0.5) is 0 Å². The summed E-state index contributed by atoms with van der Waals surface area (Å²) < 4.78 is 0. The van der Waals surface area contributed by atoms with E-state index in [9.17, 15) is 9.90 Å². The summed E-state index contributed by atoms with van der Waals surface area (Å²) in [6.45, 7) is 1.82. The van der Waals surface area contributed by atoms with Crippen LogP contribution in [-0.2, 0) is 0 Å². The summed E-state index contributed by atoms with van der Waals surface area (Å²) in [6.07, 6.45) is 1.26. The number of phenolic OH excluding ortho intramolecular Hbond substituents is 1. The molecule has 0 radical (unpaired) electrons. The third-order valence-electron chi connectivity index (χ3n) is 3.11. The number of aromatic nitrogens is 3. The molecule has 6 heteroatoms. The van der Waals surface area contributed by atoms with Gasteiger partial charge in [0, 0.05) is 11.3 Å². The number of aryl methyl sites for hydroxylation is 1. The van der Waals surface area contributed by atoms with Gasteiger partial charge in [-0.15, -0.1) is 0 Å². The Hall–Kier alpha value is -2.76. The van der Waals surface area contributed by atoms with Gasteiger partial charge in [0.2, 0.25) is 0 Å². The Kier molecular flexibility index (Phi) is 2.31. The number of nitrogens with one attached hydrogen (secondary N) is 2. The Balaban J connectivity index is 2.39. The highest BCUT2D eigenvalue weighted by molar-refractivity contribution is 6.05. The molecule has 3 rings (SSSR count). The van der Waals surface area contributed by atoms with E-state index in [-0.39, 0.29) is 11.3 Å². The first-order valence-corrected chi connectivity index (χ1v) is 5.67. The van der Waals surface area contributed by atoms with Crippen molar-refractivity contribution in [3.8, 4) is 17.0 Å². The van der Waals surface area contributed by atoms with E-state index in [4.69, 9.17) is 5.11 Å². The maximum absolute atomic E-state index is 11.2. The molecule has 0 unspecified atom stereocenters. The summed E-state index contributed by atoms with van der Waals surface area (Å²) in [5.41, 5.74) is 2.61. The summed E-state index contributed by atoms with van der Waals surface area (Å²) in [5, 5.41) is 26.2. The van der Waals surface area contributed by atoms with Gasteiger partial charge in [-0.1, -0.05) is 6.07 Å². The number of aromatic amines is 2. The number of H-pyrrole nitrogens is 2. The van der Waals surface area contributed by atoms with Gasteiger partial charge in [0.05, 0.1) is 22.8 Å². The third-order valence-corrected chi connectivity index (χ3v) is 3.11. The van der Waals surface area contributed by atoms with Crippen molar-refractivity contribution in [2.75, 3.05) is 0 Å². The summed E-state index contributed by atoms with van der Waals surface area (Å²) in [4.78, 5) is 14.3. The molecule has 0 amide bonds. The molecule has 19 heavy (non-hydrogen) atoms. The first-order chi connectivity index (χ1) is 9.09. The minimum Gasteiger partial charge on any atom is -0.507 e. The van der Waals surface area contributed by atoms with E-state index in [1.165, 1.54) is 6.20 Å². The number of carbonyl (C=O) groups is 1. The van der Waals surface area contributed by atoms with Crippen molar-refractivity contribution in [3.05, 3.63) is 35.7 Å². The van der Waals surface area contributed by atoms with Crippen LogP contribution < -0.4 is 0 Å². The number of nitrogens with zero attached hydrogens (tertiary/aromatic N) is 1. The molecule has 0 aliphatic carbocycles. The number of fused-ring (bicyclic) bond motifs is 1. The smallest absolute Gasteiger partial charge is 0.339 e. The molecule has 0 fully saturated rings. The zero-order valence-corrected chi connectivity index (χ0v) is 10.1. The van der Waals surface area contributed by atoms with Crippen LogP contribution in [0.1, 0.15) is 16.1 Å². The highest BCUT2D eigenvalue weighted by atomic mass is 16.4. The fourth-order valence-electron chi connectivity index (χ4n) is 2.31. The van der Waals surface area contributed by atoms with Crippen molar-refractivity contribution < 1.29 is 15.0 Å². The number of aromatic carboxylic acids is 1. The quantitative estimate of drug-likeness (QED) is 0.565. The standard InChI is InChI=1S/C13H11N3O3/c1-6-10(12-7(13(18)19)5-14-16-12)11-8(15-6)3-2-4-9(11)17/h2-5,15,17H,1H3,(H,14,16)(H,18,19). The van der Waals surface area contributed by atoms with E-state index in [1.54, 1.807) is 12.1 Å². The van der Waals surface area contributed by atoms with Gasteiger partial charge in [0.15, 0.2) is 0 Å². The molecule has 0 aliphatic heterocycles. The molecular formula is C13H11N3O3. The number of hydrogen-bond donors (Lipinski definition) is 4. The van der Waals surface area contributed by atoms with Gasteiger partial charge < -0.3 is 15.2 Å². The van der Waals surface area contributed by atoms with E-state index in [0.717, 1.165) is 11.2 Å². The van der Waals surface area contributed by atoms with Gasteiger partial charge >= 0.3 is 5.97 Å². The molecule has 0 bridgehead atoms. The van der Waals surface area contributed by atoms with Crippen molar-refractivity contribution in [3.63, 3.8) is 0 Å². The van der Waals surface area contributed by atoms with Crippen molar-refractivity contribution in [1.82, 2.24) is 15.2 Å². The first-order valence-electron chi connectivity index (χ1n) is 5.67. The van der Waals surface area contributed by atoms with Crippen molar-refractivity contribution >= 4 is 16.9 Å². The fourth-order valence-corrected chi connectivity index (χ4v) is 2.31. The summed E-state index contributed by atoms with van der Waals surface area (Å²) in [6, 6.07) is 5.11. The number of aromatic hydroxyl groups is 1. The van der Waals surface area contributed by atoms with Crippen molar-refractivity contribution in [1.29, 1.82) is 0 Å². The van der Waals surface area contributed by atoms with Crippen molar-refractivity contribution in [2.24, 2.45) is 0 Å². The van der Waals surface area contributed by atoms with Crippen LogP contribution >= 0.6 is 0 Å². The SMILES string of the molecule is Cc1[nH]c2cccc(O)c2c1-c1[nH]ncc1C(=O)O. The predicted octanol–water partition coefficient (Wildman–Crippen LogP) is 2.27. The Bertz CT molecular complexity index is 786. The molecule has 0 saturated heterocycles. The lowest BCUT2D eigenvalue weighted by atomic mass is 10.0. The van der Waals surface area contributed by atoms with Gasteiger partial charge in [0.25, 0.3) is 0 Å². The molecule has 0 aliphatic rings. The van der Waals surface area contributed by atoms with Gasteiger partial charge in [-0.3, -0.25) is 5.10 Å². The van der Waals surface area contributed by atoms with Crippen LogP contribution in [0.25, 0.3) is 22.2 Å². The molecule has 1 aromatic carbocycles. The Labute approximate surface area is 107 Å². The topological polar surface area (TPSA) is 102 Å². The summed E-state index contributed by atoms with van der Waals surface area (Å²) in [7, 11) is 0. The molecular weight excluding hydrogens is 246 g/mol. The van der Waals surface area contributed by atoms with Crippen LogP contribution in [0, 0.1) is 6.92 Å². The van der Waals surface area contributed by atoms with E-state index >= 15 is 0 Å². The number of phenols is 1. The monoisotopic (exact) mass is 257 g/mol. The molecule has 3 aromatic rings. The van der Waals surface area contributed by atoms with Crippen LogP contribution in [0.15, 0.2) is 24.4 Å². The molecule has 2 heterocycles. The second-order valence-corrected chi connectivity index (χ2v) is 4.29. The zero-order chi connectivity index (χ0) is 13.6. The number of benzene rings is 1. The number of hydrogen-bond acceptors (Lipinski definition) is 3. The highest BCUT2D eigenvalue weighted by Crippen LogP contribution is 2.37. The maximum Gasteiger partial charge on any atom is 0.339 e. The first kappa shape index (κ1) is 11.3. The van der Waals surface area contributed by atoms with E-state index < -0.39 is 5.97 Å². The third kappa shape index (κ3) is 1.57. The molecule has 0 saturated carbocycles. The number of carboxylic acid groups (broad SMARTS) is 1. The van der Waals surface area contributed by atoms with Crippen LogP contribution in [0.5, 0.6) is 5.75 Å². The minimum atomic E-state index is -1.06. The Morgan fingerprint density at radius 3 is 2.89 bits per heavy atom. The highest BCUT2D eigenvalue weighted by Gasteiger charge is 2.21. The minimum absolute atomic E-state index is 0.0762. The number of rotatable bonds is 2. The zero-order valence-electron chi connectivity index (χ0n) is 10.1. The molecule has 2 aromatic heterocycles. The van der Waals surface area contributed by atoms with Gasteiger partial charge in [0.1, 0.15) is 11.3 Å². The second kappa shape index (κ2) is 3.88. The van der Waals surface area contributed by atoms with E-state index in [0.29, 0.717) is 16.6 Å². The van der Waals surface area contributed by atoms with Gasteiger partial charge in [-0.2, -0.15) is 5.10 Å². The second-order valence-electron chi connectivity index (χ2n) is 4.29. The Morgan fingerprint density at radius 2 is 2.16 bits per heavy atom. The van der Waals surface area contributed by atoms with Crippen LogP contribution in [0.3, 0.4) is 0 Å². The lowest BCUT2D eigenvalue weighted by Crippen LogP contribution is -1.97. The maximum atomic E-state index is 11.2. The van der Waals surface area contributed by atoms with E-state index in [2.05, 4.69) is 15.2 Å². The van der Waals surface area contributed by atoms with E-state index in [1.807, 2.05) is 13.0 Å². The average Bonchev–Trinajstić information content (AvgIpc) is 2.92. The van der Waals surface area contributed by atoms with Gasteiger partial charge in [-0.05, 0) is 19.1 Å². The molecule has 0 atom stereocenters. The molecule has 96 valence electrons. The Morgan fingerprint density at radius 1 is 1.37 bits per heavy atom. The van der Waals surface area contributed by atoms with Crippen LogP contribution in [-0.4, -0.2) is 31.4 Å². The fraction of sp³-hybridized carbons (Fsp3) is 0.0769. The molecule has 0 spiro atoms. The lowest BCUT2D eigenvalue weighted by molar-refractivity contribution is 0.0698. The molecule has 6 nitrogen and oxygen atoms in total.